The summed E-state index contributed by atoms with van der Waals surface area (Å²) in [4.78, 5) is 67.1. The Morgan fingerprint density at radius 1 is 0.714 bits per heavy atom. The number of carboxylic acids is 2. The fourth-order valence-corrected chi connectivity index (χ4v) is 2.86. The van der Waals surface area contributed by atoms with Crippen molar-refractivity contribution in [2.24, 2.45) is 32.9 Å². The van der Waals surface area contributed by atoms with Crippen LogP contribution in [-0.4, -0.2) is 83.0 Å². The van der Waals surface area contributed by atoms with Crippen molar-refractivity contribution in [1.29, 1.82) is 0 Å². The first-order chi connectivity index (χ1) is 16.3. The van der Waals surface area contributed by atoms with E-state index in [1.54, 1.807) is 0 Å². The molecule has 0 saturated heterocycles. The molecular weight excluding hydrogens is 466 g/mol. The number of aliphatic imine (C=N–C) groups is 2. The monoisotopic (exact) mass is 501 g/mol. The van der Waals surface area contributed by atoms with E-state index in [1.165, 1.54) is 6.92 Å². The Hall–Kier alpha value is -4.11. The molecule has 16 heteroatoms. The lowest BCUT2D eigenvalue weighted by Gasteiger charge is -2.24. The molecule has 0 radical (unpaired) electrons. The van der Waals surface area contributed by atoms with Crippen molar-refractivity contribution in [3.05, 3.63) is 0 Å². The van der Waals surface area contributed by atoms with E-state index in [0.29, 0.717) is 6.42 Å². The predicted molar refractivity (Wildman–Crippen MR) is 126 cm³/mol. The quantitative estimate of drug-likeness (QED) is 0.0535. The summed E-state index contributed by atoms with van der Waals surface area (Å²) in [5.74, 6) is -5.01. The summed E-state index contributed by atoms with van der Waals surface area (Å²) in [5, 5.41) is 25.5. The average Bonchev–Trinajstić information content (AvgIpc) is 2.74. The Labute approximate surface area is 202 Å². The maximum absolute atomic E-state index is 12.8. The van der Waals surface area contributed by atoms with Gasteiger partial charge < -0.3 is 49.1 Å². The number of amides is 3. The van der Waals surface area contributed by atoms with Crippen LogP contribution in [0.25, 0.3) is 0 Å². The molecule has 198 valence electrons. The number of guanidine groups is 2. The molecule has 0 spiro atoms. The van der Waals surface area contributed by atoms with Crippen molar-refractivity contribution in [2.75, 3.05) is 13.1 Å². The van der Waals surface area contributed by atoms with E-state index in [1.807, 2.05) is 0 Å². The number of nitrogens with zero attached hydrogens (tertiary/aromatic N) is 2. The highest BCUT2D eigenvalue weighted by atomic mass is 16.4. The molecule has 0 heterocycles. The lowest BCUT2D eigenvalue weighted by atomic mass is 10.1. The van der Waals surface area contributed by atoms with Crippen LogP contribution in [0.15, 0.2) is 9.98 Å². The van der Waals surface area contributed by atoms with Crippen molar-refractivity contribution in [1.82, 2.24) is 16.0 Å². The number of carbonyl (C=O) groups excluding carboxylic acids is 3. The normalized spacial score (nSPS) is 12.8. The minimum Gasteiger partial charge on any atom is -0.481 e. The van der Waals surface area contributed by atoms with Crippen LogP contribution in [0, 0.1) is 0 Å². The second-order valence-electron chi connectivity index (χ2n) is 7.54. The van der Waals surface area contributed by atoms with Crippen LogP contribution in [0.5, 0.6) is 0 Å². The molecule has 0 aliphatic rings. The Kier molecular flexibility index (Phi) is 14.6. The smallest absolute Gasteiger partial charge is 0.326 e. The Morgan fingerprint density at radius 3 is 1.54 bits per heavy atom. The van der Waals surface area contributed by atoms with Gasteiger partial charge in [0.05, 0.1) is 0 Å². The van der Waals surface area contributed by atoms with Crippen molar-refractivity contribution < 1.29 is 34.2 Å². The third-order valence-corrected chi connectivity index (χ3v) is 4.48. The van der Waals surface area contributed by atoms with Gasteiger partial charge in [0.15, 0.2) is 11.9 Å². The van der Waals surface area contributed by atoms with Gasteiger partial charge in [-0.05, 0) is 32.1 Å². The van der Waals surface area contributed by atoms with Gasteiger partial charge >= 0.3 is 11.9 Å². The van der Waals surface area contributed by atoms with Crippen molar-refractivity contribution in [3.8, 4) is 0 Å². The van der Waals surface area contributed by atoms with Gasteiger partial charge in [-0.25, -0.2) is 4.79 Å². The molecule has 0 rings (SSSR count). The highest BCUT2D eigenvalue weighted by Crippen LogP contribution is 2.06. The minimum absolute atomic E-state index is 0.0171. The fraction of sp³-hybridized carbons (Fsp3) is 0.632. The summed E-state index contributed by atoms with van der Waals surface area (Å²) in [6.07, 6.45) is -0.125. The summed E-state index contributed by atoms with van der Waals surface area (Å²) in [5.41, 5.74) is 20.9. The molecular formula is C19H35N9O7. The van der Waals surface area contributed by atoms with E-state index in [-0.39, 0.29) is 50.7 Å². The molecule has 0 unspecified atom stereocenters. The number of carbonyl (C=O) groups is 5. The summed E-state index contributed by atoms with van der Waals surface area (Å²) < 4.78 is 0. The van der Waals surface area contributed by atoms with Crippen molar-refractivity contribution >= 4 is 41.6 Å². The maximum Gasteiger partial charge on any atom is 0.326 e. The SMILES string of the molecule is CC(=O)N[C@@H](CCCN=C(N)N)C(=O)N[C@@H](CCC(=O)O)C(=O)N[C@@H](CCCN=C(N)N)C(=O)O. The van der Waals surface area contributed by atoms with Gasteiger partial charge in [-0.1, -0.05) is 0 Å². The van der Waals surface area contributed by atoms with Gasteiger partial charge in [0.2, 0.25) is 17.7 Å². The zero-order chi connectivity index (χ0) is 27.0. The van der Waals surface area contributed by atoms with Crippen LogP contribution in [0.1, 0.15) is 45.4 Å². The van der Waals surface area contributed by atoms with E-state index < -0.39 is 54.2 Å². The van der Waals surface area contributed by atoms with Gasteiger partial charge in [0, 0.05) is 26.4 Å². The molecule has 0 aromatic heterocycles. The van der Waals surface area contributed by atoms with Crippen LogP contribution < -0.4 is 38.9 Å². The number of hydrogen-bond donors (Lipinski definition) is 9. The van der Waals surface area contributed by atoms with Crippen molar-refractivity contribution in [2.45, 2.75) is 63.6 Å². The Bertz CT molecular complexity index is 808. The molecule has 35 heavy (non-hydrogen) atoms. The summed E-state index contributed by atoms with van der Waals surface area (Å²) >= 11 is 0. The first-order valence-corrected chi connectivity index (χ1v) is 10.8. The number of rotatable bonds is 17. The van der Waals surface area contributed by atoms with E-state index in [0.717, 1.165) is 0 Å². The third-order valence-electron chi connectivity index (χ3n) is 4.48. The summed E-state index contributed by atoms with van der Waals surface area (Å²) in [6, 6.07) is -3.75. The van der Waals surface area contributed by atoms with Crippen molar-refractivity contribution in [3.63, 3.8) is 0 Å². The molecule has 13 N–H and O–H groups in total. The molecule has 0 aliphatic heterocycles. The van der Waals surface area contributed by atoms with Crippen LogP contribution in [0.4, 0.5) is 0 Å². The topological polar surface area (TPSA) is 291 Å². The van der Waals surface area contributed by atoms with Gasteiger partial charge in [-0.2, -0.15) is 0 Å². The molecule has 3 amide bonds. The Balaban J connectivity index is 5.36. The number of carboxylic acid groups (broad SMARTS) is 2. The molecule has 0 aromatic carbocycles. The van der Waals surface area contributed by atoms with Gasteiger partial charge in [-0.15, -0.1) is 0 Å². The zero-order valence-electron chi connectivity index (χ0n) is 19.5. The van der Waals surface area contributed by atoms with Crippen LogP contribution in [0.2, 0.25) is 0 Å². The minimum atomic E-state index is -1.37. The van der Waals surface area contributed by atoms with Gasteiger partial charge in [0.1, 0.15) is 18.1 Å². The van der Waals surface area contributed by atoms with Crippen LogP contribution in [0.3, 0.4) is 0 Å². The molecule has 3 atom stereocenters. The molecule has 0 saturated carbocycles. The van der Waals surface area contributed by atoms with Gasteiger partial charge in [0.25, 0.3) is 0 Å². The first kappa shape index (κ1) is 30.9. The highest BCUT2D eigenvalue weighted by Gasteiger charge is 2.29. The number of hydrogen-bond acceptors (Lipinski definition) is 7. The van der Waals surface area contributed by atoms with Crippen LogP contribution in [-0.2, 0) is 24.0 Å². The molecule has 0 fully saturated rings. The van der Waals surface area contributed by atoms with Crippen LogP contribution >= 0.6 is 0 Å². The molecule has 0 aliphatic carbocycles. The summed E-state index contributed by atoms with van der Waals surface area (Å²) in [6.45, 7) is 1.53. The van der Waals surface area contributed by atoms with E-state index >= 15 is 0 Å². The first-order valence-electron chi connectivity index (χ1n) is 10.8. The predicted octanol–water partition coefficient (Wildman–Crippen LogP) is -3.48. The Morgan fingerprint density at radius 2 is 1.14 bits per heavy atom. The average molecular weight is 502 g/mol. The summed E-state index contributed by atoms with van der Waals surface area (Å²) in [7, 11) is 0. The molecule has 0 bridgehead atoms. The standard InChI is InChI=1S/C19H35N9O7/c1-10(29)26-11(4-2-8-24-18(20)21)15(32)27-12(6-7-14(30)31)16(33)28-13(17(34)35)5-3-9-25-19(22)23/h11-13H,2-9H2,1H3,(H,26,29)(H,27,32)(H,28,33)(H,30,31)(H,34,35)(H4,20,21,24)(H4,22,23,25)/t11-,12-,13-/m0/s1. The highest BCUT2D eigenvalue weighted by molar-refractivity contribution is 5.93. The van der Waals surface area contributed by atoms with E-state index in [9.17, 15) is 29.1 Å². The third kappa shape index (κ3) is 15.4. The lowest BCUT2D eigenvalue weighted by Crippen LogP contribution is -2.55. The largest absolute Gasteiger partial charge is 0.481 e. The van der Waals surface area contributed by atoms with E-state index in [4.69, 9.17) is 28.0 Å². The number of aliphatic carboxylic acids is 2. The second kappa shape index (κ2) is 16.5. The van der Waals surface area contributed by atoms with Gasteiger partial charge in [-0.3, -0.25) is 29.2 Å². The fourth-order valence-electron chi connectivity index (χ4n) is 2.86. The molecule has 16 nitrogen and oxygen atoms in total. The molecule has 0 aromatic rings. The second-order valence-corrected chi connectivity index (χ2v) is 7.54. The van der Waals surface area contributed by atoms with E-state index in [2.05, 4.69) is 25.9 Å². The number of nitrogens with two attached hydrogens (primary N) is 4. The lowest BCUT2D eigenvalue weighted by molar-refractivity contribution is -0.143. The maximum atomic E-state index is 12.8. The zero-order valence-corrected chi connectivity index (χ0v) is 19.5. The number of nitrogens with one attached hydrogen (secondary N) is 3.